The first-order valence-corrected chi connectivity index (χ1v) is 7.06. The lowest BCUT2D eigenvalue weighted by molar-refractivity contribution is -0.709. The topological polar surface area (TPSA) is 68.7 Å². The Morgan fingerprint density at radius 3 is 2.81 bits per heavy atom. The molecule has 0 bridgehead atoms. The van der Waals surface area contributed by atoms with Gasteiger partial charge in [0.2, 0.25) is 0 Å². The van der Waals surface area contributed by atoms with Crippen molar-refractivity contribution in [2.24, 2.45) is 0 Å². The first-order valence-electron chi connectivity index (χ1n) is 6.68. The van der Waals surface area contributed by atoms with Crippen LogP contribution in [0.2, 0.25) is 5.02 Å². The number of hydrogen-bond donors (Lipinski definition) is 1. The average Bonchev–Trinajstić information content (AvgIpc) is 3.16. The molecule has 0 unspecified atom stereocenters. The molecular weight excluding hydrogens is 290 g/mol. The lowest BCUT2D eigenvalue weighted by Crippen LogP contribution is -2.83. The molecule has 1 atom stereocenters. The van der Waals surface area contributed by atoms with E-state index < -0.39 is 0 Å². The van der Waals surface area contributed by atoms with Crippen LogP contribution in [0.5, 0.6) is 0 Å². The maximum atomic E-state index is 6.19. The number of quaternary nitrogens is 1. The number of nitrogens with zero attached hydrogens (tertiary/aromatic N) is 2. The molecule has 108 valence electrons. The minimum atomic E-state index is 0.206. The van der Waals surface area contributed by atoms with Crippen molar-refractivity contribution in [2.45, 2.75) is 19.5 Å². The molecule has 0 aliphatic heterocycles. The number of aromatic nitrogens is 2. The van der Waals surface area contributed by atoms with E-state index in [1.807, 2.05) is 24.3 Å². The zero-order valence-corrected chi connectivity index (χ0v) is 12.2. The Bertz CT molecular complexity index is 709. The van der Waals surface area contributed by atoms with Crippen LogP contribution < -0.4 is 5.32 Å². The zero-order valence-electron chi connectivity index (χ0n) is 11.5. The molecule has 0 radical (unpaired) electrons. The second kappa shape index (κ2) is 6.11. The van der Waals surface area contributed by atoms with E-state index in [9.17, 15) is 0 Å². The van der Waals surface area contributed by atoms with Crippen molar-refractivity contribution < 1.29 is 14.2 Å². The van der Waals surface area contributed by atoms with E-state index in [0.29, 0.717) is 24.1 Å². The van der Waals surface area contributed by atoms with Crippen molar-refractivity contribution >= 4 is 11.6 Å². The van der Waals surface area contributed by atoms with E-state index in [2.05, 4.69) is 22.4 Å². The van der Waals surface area contributed by atoms with Gasteiger partial charge in [-0.2, -0.15) is 0 Å². The SMILES string of the molecule is C[C@H]([NH2+]Cc1nnc(-c2ccco2)o1)c1ccccc1Cl. The van der Waals surface area contributed by atoms with E-state index in [1.165, 1.54) is 0 Å². The van der Waals surface area contributed by atoms with Crippen LogP contribution in [-0.4, -0.2) is 10.2 Å². The third-order valence-corrected chi connectivity index (χ3v) is 3.58. The van der Waals surface area contributed by atoms with Gasteiger partial charge in [-0.25, -0.2) is 0 Å². The van der Waals surface area contributed by atoms with Gasteiger partial charge in [0.15, 0.2) is 12.3 Å². The second-order valence-corrected chi connectivity index (χ2v) is 5.14. The van der Waals surface area contributed by atoms with Gasteiger partial charge >= 0.3 is 0 Å². The molecule has 3 aromatic rings. The summed E-state index contributed by atoms with van der Waals surface area (Å²) in [5, 5.41) is 10.9. The summed E-state index contributed by atoms with van der Waals surface area (Å²) in [5.41, 5.74) is 1.09. The fourth-order valence-electron chi connectivity index (χ4n) is 2.08. The highest BCUT2D eigenvalue weighted by atomic mass is 35.5. The van der Waals surface area contributed by atoms with Crippen LogP contribution in [0, 0.1) is 0 Å². The molecule has 21 heavy (non-hydrogen) atoms. The van der Waals surface area contributed by atoms with Crippen LogP contribution >= 0.6 is 11.6 Å². The Labute approximate surface area is 126 Å². The number of halogens is 1. The Hall–Kier alpha value is -2.11. The van der Waals surface area contributed by atoms with Gasteiger partial charge < -0.3 is 14.2 Å². The molecule has 0 saturated heterocycles. The zero-order chi connectivity index (χ0) is 14.7. The standard InChI is InChI=1S/C15H14ClN3O2/c1-10(11-5-2-3-6-12(11)16)17-9-14-18-19-15(21-14)13-7-4-8-20-13/h2-8,10,17H,9H2,1H3/p+1/t10-/m0/s1. The molecule has 0 fully saturated rings. The van der Waals surface area contributed by atoms with Gasteiger partial charge in [0, 0.05) is 10.6 Å². The summed E-state index contributed by atoms with van der Waals surface area (Å²) < 4.78 is 10.8. The number of nitrogens with two attached hydrogens (primary N) is 1. The number of rotatable bonds is 5. The van der Waals surface area contributed by atoms with Crippen molar-refractivity contribution in [3.05, 3.63) is 59.1 Å². The highest BCUT2D eigenvalue weighted by Gasteiger charge is 2.15. The predicted octanol–water partition coefficient (Wildman–Crippen LogP) is 2.81. The van der Waals surface area contributed by atoms with Gasteiger partial charge in [0.05, 0.1) is 6.26 Å². The Kier molecular flexibility index (Phi) is 4.03. The number of benzene rings is 1. The second-order valence-electron chi connectivity index (χ2n) is 4.73. The summed E-state index contributed by atoms with van der Waals surface area (Å²) in [5.74, 6) is 1.53. The van der Waals surface area contributed by atoms with Crippen LogP contribution in [0.4, 0.5) is 0 Å². The lowest BCUT2D eigenvalue weighted by atomic mass is 10.1. The summed E-state index contributed by atoms with van der Waals surface area (Å²) in [6.45, 7) is 2.67. The van der Waals surface area contributed by atoms with E-state index >= 15 is 0 Å². The van der Waals surface area contributed by atoms with E-state index in [0.717, 1.165) is 10.6 Å². The van der Waals surface area contributed by atoms with Crippen molar-refractivity contribution in [1.82, 2.24) is 10.2 Å². The quantitative estimate of drug-likeness (QED) is 0.787. The molecule has 1 aromatic carbocycles. The average molecular weight is 305 g/mol. The smallest absolute Gasteiger partial charge is 0.283 e. The summed E-state index contributed by atoms with van der Waals surface area (Å²) >= 11 is 6.19. The lowest BCUT2D eigenvalue weighted by Gasteiger charge is -2.10. The predicted molar refractivity (Wildman–Crippen MR) is 77.5 cm³/mol. The van der Waals surface area contributed by atoms with Crippen LogP contribution in [0.1, 0.15) is 24.4 Å². The number of hydrogen-bond acceptors (Lipinski definition) is 4. The summed E-state index contributed by atoms with van der Waals surface area (Å²) in [7, 11) is 0. The first-order chi connectivity index (χ1) is 10.2. The van der Waals surface area contributed by atoms with E-state index in [-0.39, 0.29) is 6.04 Å². The van der Waals surface area contributed by atoms with Crippen molar-refractivity contribution in [3.63, 3.8) is 0 Å². The van der Waals surface area contributed by atoms with Crippen LogP contribution in [-0.2, 0) is 6.54 Å². The molecule has 2 heterocycles. The monoisotopic (exact) mass is 304 g/mol. The largest absolute Gasteiger partial charge is 0.459 e. The summed E-state index contributed by atoms with van der Waals surface area (Å²) in [6, 6.07) is 11.6. The molecular formula is C15H15ClN3O2+. The van der Waals surface area contributed by atoms with Crippen LogP contribution in [0.3, 0.4) is 0 Å². The van der Waals surface area contributed by atoms with E-state index in [1.54, 1.807) is 18.4 Å². The van der Waals surface area contributed by atoms with Crippen molar-refractivity contribution in [2.75, 3.05) is 0 Å². The normalized spacial score (nSPS) is 12.5. The van der Waals surface area contributed by atoms with Gasteiger partial charge in [-0.05, 0) is 25.1 Å². The van der Waals surface area contributed by atoms with Crippen molar-refractivity contribution in [3.8, 4) is 11.7 Å². The van der Waals surface area contributed by atoms with Gasteiger partial charge in [-0.3, -0.25) is 0 Å². The maximum absolute atomic E-state index is 6.19. The molecule has 0 aliphatic carbocycles. The Morgan fingerprint density at radius 2 is 2.05 bits per heavy atom. The van der Waals surface area contributed by atoms with Gasteiger partial charge in [-0.1, -0.05) is 29.8 Å². The minimum absolute atomic E-state index is 0.206. The van der Waals surface area contributed by atoms with Gasteiger partial charge in [0.25, 0.3) is 11.8 Å². The molecule has 0 saturated carbocycles. The van der Waals surface area contributed by atoms with Crippen molar-refractivity contribution in [1.29, 1.82) is 0 Å². The molecule has 2 N–H and O–H groups in total. The fraction of sp³-hybridized carbons (Fsp3) is 0.200. The van der Waals surface area contributed by atoms with Crippen LogP contribution in [0.25, 0.3) is 11.7 Å². The highest BCUT2D eigenvalue weighted by Crippen LogP contribution is 2.20. The summed E-state index contributed by atoms with van der Waals surface area (Å²) in [4.78, 5) is 0. The Morgan fingerprint density at radius 1 is 1.19 bits per heavy atom. The molecule has 2 aromatic heterocycles. The maximum Gasteiger partial charge on any atom is 0.283 e. The summed E-state index contributed by atoms with van der Waals surface area (Å²) in [6.07, 6.45) is 1.57. The molecule has 0 spiro atoms. The van der Waals surface area contributed by atoms with Gasteiger partial charge in [0.1, 0.15) is 6.04 Å². The van der Waals surface area contributed by atoms with Crippen LogP contribution in [0.15, 0.2) is 51.5 Å². The first kappa shape index (κ1) is 13.9. The number of furan rings is 1. The van der Waals surface area contributed by atoms with E-state index in [4.69, 9.17) is 20.4 Å². The molecule has 5 nitrogen and oxygen atoms in total. The molecule has 0 amide bonds. The third-order valence-electron chi connectivity index (χ3n) is 3.24. The minimum Gasteiger partial charge on any atom is -0.459 e. The molecule has 3 rings (SSSR count). The molecule has 6 heteroatoms. The Balaban J connectivity index is 1.64. The highest BCUT2D eigenvalue weighted by molar-refractivity contribution is 6.31. The van der Waals surface area contributed by atoms with Gasteiger partial charge in [-0.15, -0.1) is 10.2 Å². The fourth-order valence-corrected chi connectivity index (χ4v) is 2.39. The third kappa shape index (κ3) is 3.15. The molecule has 0 aliphatic rings.